The summed E-state index contributed by atoms with van der Waals surface area (Å²) >= 11 is 0. The van der Waals surface area contributed by atoms with Crippen LogP contribution in [-0.2, 0) is 14.5 Å². The van der Waals surface area contributed by atoms with E-state index in [0.29, 0.717) is 24.5 Å². The van der Waals surface area contributed by atoms with Crippen LogP contribution in [0.5, 0.6) is 5.75 Å². The van der Waals surface area contributed by atoms with E-state index < -0.39 is 5.97 Å². The molecular weight excluding hydrogens is 248 g/mol. The Kier molecular flexibility index (Phi) is 7.62. The van der Waals surface area contributed by atoms with Gasteiger partial charge in [0.05, 0.1) is 18.8 Å². The maximum atomic E-state index is 11.6. The van der Waals surface area contributed by atoms with Crippen LogP contribution in [0, 0.1) is 6.61 Å². The van der Waals surface area contributed by atoms with Crippen molar-refractivity contribution in [3.63, 3.8) is 0 Å². The summed E-state index contributed by atoms with van der Waals surface area (Å²) in [6.07, 6.45) is 0.928. The lowest BCUT2D eigenvalue weighted by molar-refractivity contribution is -0.218. The van der Waals surface area contributed by atoms with Gasteiger partial charge < -0.3 is 9.47 Å². The summed E-state index contributed by atoms with van der Waals surface area (Å²) in [6, 6.07) is 6.71. The number of rotatable bonds is 9. The van der Waals surface area contributed by atoms with Gasteiger partial charge in [0, 0.05) is 6.61 Å². The fourth-order valence-corrected chi connectivity index (χ4v) is 1.31. The van der Waals surface area contributed by atoms with Gasteiger partial charge in [0.15, 0.2) is 6.61 Å². The van der Waals surface area contributed by atoms with E-state index in [1.54, 1.807) is 24.3 Å². The molecule has 1 aromatic carbocycles. The molecule has 0 fully saturated rings. The minimum Gasteiger partial charge on any atom is -0.494 e. The highest BCUT2D eigenvalue weighted by Crippen LogP contribution is 2.14. The van der Waals surface area contributed by atoms with Crippen LogP contribution >= 0.6 is 0 Å². The molecule has 0 aliphatic carbocycles. The third-order valence-electron chi connectivity index (χ3n) is 2.11. The minimum absolute atomic E-state index is 0.278. The van der Waals surface area contributed by atoms with Crippen LogP contribution in [0.1, 0.15) is 30.6 Å². The number of ether oxygens (including phenoxy) is 2. The van der Waals surface area contributed by atoms with Crippen molar-refractivity contribution in [3.8, 4) is 5.75 Å². The molecule has 0 saturated carbocycles. The second-order valence-electron chi connectivity index (χ2n) is 3.67. The van der Waals surface area contributed by atoms with Gasteiger partial charge in [-0.25, -0.2) is 4.79 Å². The lowest BCUT2D eigenvalue weighted by atomic mass is 10.2. The highest BCUT2D eigenvalue weighted by molar-refractivity contribution is 5.89. The highest BCUT2D eigenvalue weighted by atomic mass is 17.2. The normalized spacial score (nSPS) is 10.2. The van der Waals surface area contributed by atoms with Crippen LogP contribution in [0.4, 0.5) is 0 Å². The van der Waals surface area contributed by atoms with Crippen molar-refractivity contribution in [2.45, 2.75) is 20.3 Å². The largest absolute Gasteiger partial charge is 0.494 e. The van der Waals surface area contributed by atoms with Gasteiger partial charge in [-0.2, -0.15) is 4.89 Å². The van der Waals surface area contributed by atoms with Crippen molar-refractivity contribution in [2.24, 2.45) is 0 Å². The Morgan fingerprint density at radius 1 is 1.32 bits per heavy atom. The number of carbonyl (C=O) groups excluding carboxylic acids is 1. The number of hydrogen-bond donors (Lipinski definition) is 0. The molecule has 0 atom stereocenters. The molecule has 0 bridgehead atoms. The number of hydrogen-bond acceptors (Lipinski definition) is 5. The highest BCUT2D eigenvalue weighted by Gasteiger charge is 2.09. The molecule has 19 heavy (non-hydrogen) atoms. The van der Waals surface area contributed by atoms with E-state index in [-0.39, 0.29) is 6.61 Å². The van der Waals surface area contributed by atoms with Crippen LogP contribution in [0.2, 0.25) is 0 Å². The third kappa shape index (κ3) is 6.22. The van der Waals surface area contributed by atoms with Crippen molar-refractivity contribution in [2.75, 3.05) is 19.8 Å². The first kappa shape index (κ1) is 15.5. The lowest BCUT2D eigenvalue weighted by Crippen LogP contribution is -2.07. The molecule has 0 heterocycles. The van der Waals surface area contributed by atoms with Crippen LogP contribution in [0.25, 0.3) is 0 Å². The van der Waals surface area contributed by atoms with E-state index in [9.17, 15) is 4.79 Å². The van der Waals surface area contributed by atoms with Gasteiger partial charge in [-0.05, 0) is 31.5 Å². The van der Waals surface area contributed by atoms with E-state index in [0.717, 1.165) is 6.42 Å². The summed E-state index contributed by atoms with van der Waals surface area (Å²) in [5.74, 6) is 0.0421. The molecule has 5 nitrogen and oxygen atoms in total. The summed E-state index contributed by atoms with van der Waals surface area (Å²) in [6.45, 7) is 6.63. The van der Waals surface area contributed by atoms with Crippen LogP contribution in [0.15, 0.2) is 24.3 Å². The summed E-state index contributed by atoms with van der Waals surface area (Å²) in [5.41, 5.74) is 0.369. The smallest absolute Gasteiger partial charge is 0.373 e. The van der Waals surface area contributed by atoms with Gasteiger partial charge >= 0.3 is 5.97 Å². The van der Waals surface area contributed by atoms with Gasteiger partial charge in [-0.1, -0.05) is 13.0 Å². The number of benzene rings is 1. The molecule has 1 radical (unpaired) electrons. The maximum Gasteiger partial charge on any atom is 0.373 e. The molecule has 5 heteroatoms. The standard InChI is InChI=1S/C14H19O5/c1-3-8-16-9-10-18-19-14(15)12-6-5-7-13(11-12)17-4-2/h5-7,10-11H,3-4,8-9H2,1-2H3. The SMILES string of the molecule is CCCOC[CH]OOC(=O)c1cccc(OCC)c1. The Morgan fingerprint density at radius 3 is 2.89 bits per heavy atom. The van der Waals surface area contributed by atoms with E-state index in [1.165, 1.54) is 6.61 Å². The zero-order valence-electron chi connectivity index (χ0n) is 11.3. The van der Waals surface area contributed by atoms with Gasteiger partial charge in [0.2, 0.25) is 0 Å². The molecule has 1 aromatic rings. The molecular formula is C14H19O5. The van der Waals surface area contributed by atoms with Crippen molar-refractivity contribution >= 4 is 5.97 Å². The average molecular weight is 267 g/mol. The third-order valence-corrected chi connectivity index (χ3v) is 2.11. The zero-order valence-corrected chi connectivity index (χ0v) is 11.3. The van der Waals surface area contributed by atoms with Crippen molar-refractivity contribution in [3.05, 3.63) is 36.4 Å². The molecule has 0 aliphatic heterocycles. The molecule has 0 unspecified atom stereocenters. The van der Waals surface area contributed by atoms with Gasteiger partial charge in [0.1, 0.15) is 5.75 Å². The second kappa shape index (κ2) is 9.35. The van der Waals surface area contributed by atoms with Gasteiger partial charge in [0.25, 0.3) is 0 Å². The van der Waals surface area contributed by atoms with E-state index in [4.69, 9.17) is 9.47 Å². The van der Waals surface area contributed by atoms with Crippen LogP contribution < -0.4 is 4.74 Å². The van der Waals surface area contributed by atoms with Crippen LogP contribution in [0.3, 0.4) is 0 Å². The molecule has 0 aromatic heterocycles. The first-order valence-electron chi connectivity index (χ1n) is 6.27. The van der Waals surface area contributed by atoms with Crippen molar-refractivity contribution < 1.29 is 24.0 Å². The molecule has 0 amide bonds. The quantitative estimate of drug-likeness (QED) is 0.391. The monoisotopic (exact) mass is 267 g/mol. The maximum absolute atomic E-state index is 11.6. The Morgan fingerprint density at radius 2 is 2.16 bits per heavy atom. The fraction of sp³-hybridized carbons (Fsp3) is 0.429. The van der Waals surface area contributed by atoms with E-state index in [1.807, 2.05) is 13.8 Å². The summed E-state index contributed by atoms with van der Waals surface area (Å²) in [7, 11) is 0. The Bertz CT molecular complexity index is 378. The topological polar surface area (TPSA) is 54.0 Å². The molecule has 1 rings (SSSR count). The molecule has 0 aliphatic rings. The predicted octanol–water partition coefficient (Wildman–Crippen LogP) is 2.76. The van der Waals surface area contributed by atoms with Gasteiger partial charge in [-0.15, -0.1) is 0 Å². The summed E-state index contributed by atoms with van der Waals surface area (Å²) in [5, 5.41) is 0. The first-order chi connectivity index (χ1) is 9.27. The average Bonchev–Trinajstić information content (AvgIpc) is 2.43. The minimum atomic E-state index is -0.576. The summed E-state index contributed by atoms with van der Waals surface area (Å²) < 4.78 is 10.4. The Balaban J connectivity index is 2.30. The van der Waals surface area contributed by atoms with Crippen molar-refractivity contribution in [1.29, 1.82) is 0 Å². The fourth-order valence-electron chi connectivity index (χ4n) is 1.31. The molecule has 0 N–H and O–H groups in total. The Hall–Kier alpha value is -1.59. The lowest BCUT2D eigenvalue weighted by Gasteiger charge is -2.06. The molecule has 0 saturated heterocycles. The molecule has 105 valence electrons. The second-order valence-corrected chi connectivity index (χ2v) is 3.67. The van der Waals surface area contributed by atoms with Crippen LogP contribution in [-0.4, -0.2) is 25.8 Å². The van der Waals surface area contributed by atoms with E-state index >= 15 is 0 Å². The summed E-state index contributed by atoms with van der Waals surface area (Å²) in [4.78, 5) is 20.9. The van der Waals surface area contributed by atoms with E-state index in [2.05, 4.69) is 9.78 Å². The van der Waals surface area contributed by atoms with Crippen molar-refractivity contribution in [1.82, 2.24) is 0 Å². The number of carbonyl (C=O) groups is 1. The van der Waals surface area contributed by atoms with Gasteiger partial charge in [-0.3, -0.25) is 4.89 Å². The Labute approximate surface area is 113 Å². The molecule has 0 spiro atoms. The predicted molar refractivity (Wildman–Crippen MR) is 69.5 cm³/mol. The zero-order chi connectivity index (χ0) is 13.9. The first-order valence-corrected chi connectivity index (χ1v) is 6.27.